The summed E-state index contributed by atoms with van der Waals surface area (Å²) in [5, 5.41) is 3.96. The van der Waals surface area contributed by atoms with Crippen LogP contribution in [0.4, 0.5) is 0 Å². The summed E-state index contributed by atoms with van der Waals surface area (Å²) in [4.78, 5) is 11.8. The van der Waals surface area contributed by atoms with Crippen molar-refractivity contribution in [2.45, 2.75) is 6.42 Å². The molecule has 2 aromatic carbocycles. The SMILES string of the molecule is C=CCOc1ccc(/C=N/NC(=O)Cc2ccc(Br)cc2)cc1. The number of amides is 1. The Morgan fingerprint density at radius 3 is 2.52 bits per heavy atom. The number of hydrogen-bond donors (Lipinski definition) is 1. The smallest absolute Gasteiger partial charge is 0.244 e. The molecule has 0 aromatic heterocycles. The molecule has 0 atom stereocenters. The molecule has 5 heteroatoms. The maximum Gasteiger partial charge on any atom is 0.244 e. The van der Waals surface area contributed by atoms with E-state index in [2.05, 4.69) is 33.0 Å². The Balaban J connectivity index is 1.82. The van der Waals surface area contributed by atoms with Gasteiger partial charge in [0.15, 0.2) is 0 Å². The number of halogens is 1. The number of carbonyl (C=O) groups excluding carboxylic acids is 1. The minimum absolute atomic E-state index is 0.158. The van der Waals surface area contributed by atoms with E-state index in [1.807, 2.05) is 48.5 Å². The van der Waals surface area contributed by atoms with Crippen LogP contribution >= 0.6 is 15.9 Å². The molecule has 0 fully saturated rings. The van der Waals surface area contributed by atoms with Crippen LogP contribution in [0.1, 0.15) is 11.1 Å². The molecule has 0 heterocycles. The van der Waals surface area contributed by atoms with E-state index in [0.29, 0.717) is 13.0 Å². The molecule has 0 unspecified atom stereocenters. The van der Waals surface area contributed by atoms with E-state index < -0.39 is 0 Å². The Kier molecular flexibility index (Phi) is 6.56. The van der Waals surface area contributed by atoms with Crippen molar-refractivity contribution in [2.24, 2.45) is 5.10 Å². The minimum Gasteiger partial charge on any atom is -0.490 e. The van der Waals surface area contributed by atoms with Crippen LogP contribution in [0.25, 0.3) is 0 Å². The summed E-state index contributed by atoms with van der Waals surface area (Å²) in [6, 6.07) is 15.0. The van der Waals surface area contributed by atoms with Gasteiger partial charge in [0.2, 0.25) is 5.91 Å². The van der Waals surface area contributed by atoms with Crippen molar-refractivity contribution in [3.05, 3.63) is 76.8 Å². The minimum atomic E-state index is -0.158. The fraction of sp³-hybridized carbons (Fsp3) is 0.111. The van der Waals surface area contributed by atoms with Crippen molar-refractivity contribution in [3.63, 3.8) is 0 Å². The zero-order valence-corrected chi connectivity index (χ0v) is 14.1. The highest BCUT2D eigenvalue weighted by molar-refractivity contribution is 9.10. The van der Waals surface area contributed by atoms with Crippen LogP contribution < -0.4 is 10.2 Å². The molecule has 0 aliphatic carbocycles. The largest absolute Gasteiger partial charge is 0.490 e. The predicted molar refractivity (Wildman–Crippen MR) is 95.7 cm³/mol. The van der Waals surface area contributed by atoms with Crippen LogP contribution in [0.15, 0.2) is 70.8 Å². The first-order chi connectivity index (χ1) is 11.2. The molecule has 0 aliphatic heterocycles. The van der Waals surface area contributed by atoms with E-state index in [1.54, 1.807) is 12.3 Å². The van der Waals surface area contributed by atoms with Crippen molar-refractivity contribution >= 4 is 28.1 Å². The molecule has 4 nitrogen and oxygen atoms in total. The molecule has 0 aliphatic rings. The first-order valence-electron chi connectivity index (χ1n) is 7.07. The van der Waals surface area contributed by atoms with Gasteiger partial charge in [-0.05, 0) is 47.5 Å². The summed E-state index contributed by atoms with van der Waals surface area (Å²) in [5.74, 6) is 0.607. The van der Waals surface area contributed by atoms with Crippen LogP contribution in [0.2, 0.25) is 0 Å². The van der Waals surface area contributed by atoms with E-state index in [4.69, 9.17) is 4.74 Å². The van der Waals surface area contributed by atoms with Crippen molar-refractivity contribution < 1.29 is 9.53 Å². The molecular weight excluding hydrogens is 356 g/mol. The standard InChI is InChI=1S/C18H17BrN2O2/c1-2-11-23-17-9-5-15(6-10-17)13-20-21-18(22)12-14-3-7-16(19)8-4-14/h2-10,13H,1,11-12H2,(H,21,22)/b20-13+. The zero-order chi connectivity index (χ0) is 16.5. The van der Waals surface area contributed by atoms with Gasteiger partial charge in [-0.3, -0.25) is 4.79 Å². The summed E-state index contributed by atoms with van der Waals surface area (Å²) < 4.78 is 6.38. The quantitative estimate of drug-likeness (QED) is 0.457. The highest BCUT2D eigenvalue weighted by atomic mass is 79.9. The lowest BCUT2D eigenvalue weighted by molar-refractivity contribution is -0.120. The summed E-state index contributed by atoms with van der Waals surface area (Å²) in [6.45, 7) is 4.07. The average molecular weight is 373 g/mol. The second kappa shape index (κ2) is 8.90. The Morgan fingerprint density at radius 2 is 1.87 bits per heavy atom. The van der Waals surface area contributed by atoms with Crippen LogP contribution in [-0.2, 0) is 11.2 Å². The number of nitrogens with one attached hydrogen (secondary N) is 1. The normalized spacial score (nSPS) is 10.5. The fourth-order valence-electron chi connectivity index (χ4n) is 1.81. The van der Waals surface area contributed by atoms with Gasteiger partial charge < -0.3 is 4.74 Å². The number of rotatable bonds is 7. The molecule has 118 valence electrons. The first kappa shape index (κ1) is 17.0. The van der Waals surface area contributed by atoms with Crippen LogP contribution in [0, 0.1) is 0 Å². The molecule has 2 rings (SSSR count). The lowest BCUT2D eigenvalue weighted by Crippen LogP contribution is -2.19. The van der Waals surface area contributed by atoms with Gasteiger partial charge in [-0.15, -0.1) is 0 Å². The van der Waals surface area contributed by atoms with Crippen molar-refractivity contribution in [1.29, 1.82) is 0 Å². The van der Waals surface area contributed by atoms with Gasteiger partial charge in [-0.2, -0.15) is 5.10 Å². The topological polar surface area (TPSA) is 50.7 Å². The molecule has 23 heavy (non-hydrogen) atoms. The van der Waals surface area contributed by atoms with Gasteiger partial charge >= 0.3 is 0 Å². The number of hydrogen-bond acceptors (Lipinski definition) is 3. The molecular formula is C18H17BrN2O2. The van der Waals surface area contributed by atoms with E-state index in [1.165, 1.54) is 0 Å². The molecule has 0 saturated carbocycles. The van der Waals surface area contributed by atoms with Gasteiger partial charge in [-0.1, -0.05) is 40.7 Å². The Morgan fingerprint density at radius 1 is 1.17 bits per heavy atom. The molecule has 2 aromatic rings. The number of benzene rings is 2. The fourth-order valence-corrected chi connectivity index (χ4v) is 2.08. The summed E-state index contributed by atoms with van der Waals surface area (Å²) >= 11 is 3.36. The lowest BCUT2D eigenvalue weighted by atomic mass is 10.1. The number of carbonyl (C=O) groups is 1. The molecule has 0 bridgehead atoms. The molecule has 0 radical (unpaired) electrons. The second-order valence-corrected chi connectivity index (χ2v) is 5.68. The molecule has 0 saturated heterocycles. The third-order valence-corrected chi connectivity index (χ3v) is 3.46. The van der Waals surface area contributed by atoms with E-state index >= 15 is 0 Å². The van der Waals surface area contributed by atoms with Gasteiger partial charge in [0.05, 0.1) is 12.6 Å². The van der Waals surface area contributed by atoms with E-state index in [-0.39, 0.29) is 5.91 Å². The highest BCUT2D eigenvalue weighted by Gasteiger charge is 2.01. The van der Waals surface area contributed by atoms with Crippen molar-refractivity contribution in [3.8, 4) is 5.75 Å². The Bertz CT molecular complexity index is 679. The molecule has 1 amide bonds. The van der Waals surface area contributed by atoms with Crippen LogP contribution in [-0.4, -0.2) is 18.7 Å². The maximum atomic E-state index is 11.8. The maximum absolute atomic E-state index is 11.8. The highest BCUT2D eigenvalue weighted by Crippen LogP contribution is 2.11. The summed E-state index contributed by atoms with van der Waals surface area (Å²) in [5.41, 5.74) is 4.33. The van der Waals surface area contributed by atoms with Crippen molar-refractivity contribution in [1.82, 2.24) is 5.43 Å². The summed E-state index contributed by atoms with van der Waals surface area (Å²) in [6.07, 6.45) is 3.58. The monoisotopic (exact) mass is 372 g/mol. The second-order valence-electron chi connectivity index (χ2n) is 4.77. The zero-order valence-electron chi connectivity index (χ0n) is 12.5. The van der Waals surface area contributed by atoms with Crippen LogP contribution in [0.5, 0.6) is 5.75 Å². The number of nitrogens with zero attached hydrogens (tertiary/aromatic N) is 1. The number of hydrazone groups is 1. The average Bonchev–Trinajstić information content (AvgIpc) is 2.56. The molecule has 0 spiro atoms. The lowest BCUT2D eigenvalue weighted by Gasteiger charge is -2.03. The third kappa shape index (κ3) is 6.08. The predicted octanol–water partition coefficient (Wildman–Crippen LogP) is 3.71. The van der Waals surface area contributed by atoms with E-state index in [0.717, 1.165) is 21.3 Å². The van der Waals surface area contributed by atoms with Gasteiger partial charge in [0.25, 0.3) is 0 Å². The van der Waals surface area contributed by atoms with Gasteiger partial charge in [0, 0.05) is 4.47 Å². The van der Waals surface area contributed by atoms with Crippen LogP contribution in [0.3, 0.4) is 0 Å². The Labute approximate surface area is 144 Å². The molecule has 1 N–H and O–H groups in total. The van der Waals surface area contributed by atoms with E-state index in [9.17, 15) is 4.79 Å². The first-order valence-corrected chi connectivity index (χ1v) is 7.87. The Hall–Kier alpha value is -2.40. The summed E-state index contributed by atoms with van der Waals surface area (Å²) in [7, 11) is 0. The van der Waals surface area contributed by atoms with Gasteiger partial charge in [-0.25, -0.2) is 5.43 Å². The van der Waals surface area contributed by atoms with Gasteiger partial charge in [0.1, 0.15) is 12.4 Å². The van der Waals surface area contributed by atoms with Crippen molar-refractivity contribution in [2.75, 3.05) is 6.61 Å². The number of ether oxygens (including phenoxy) is 1. The third-order valence-electron chi connectivity index (χ3n) is 2.93.